The van der Waals surface area contributed by atoms with E-state index >= 15 is 0 Å². The van der Waals surface area contributed by atoms with Gasteiger partial charge in [-0.2, -0.15) is 0 Å². The Kier molecular flexibility index (Phi) is 5.17. The number of hydrogen-bond donors (Lipinski definition) is 0. The minimum absolute atomic E-state index is 0.0312. The highest BCUT2D eigenvalue weighted by Crippen LogP contribution is 2.33. The van der Waals surface area contributed by atoms with Crippen LogP contribution in [0.3, 0.4) is 0 Å². The van der Waals surface area contributed by atoms with Crippen LogP contribution < -0.4 is 4.74 Å². The number of ether oxygens (including phenoxy) is 1. The zero-order valence-corrected chi connectivity index (χ0v) is 16.3. The van der Waals surface area contributed by atoms with Crippen molar-refractivity contribution in [2.75, 3.05) is 7.11 Å². The van der Waals surface area contributed by atoms with Crippen LogP contribution >= 0.6 is 0 Å². The summed E-state index contributed by atoms with van der Waals surface area (Å²) in [5, 5.41) is 0. The third kappa shape index (κ3) is 3.52. The van der Waals surface area contributed by atoms with Crippen molar-refractivity contribution in [2.45, 2.75) is 46.7 Å². The maximum Gasteiger partial charge on any atom is 0.258 e. The standard InChI is InChI=1S/C23H27NO2/c1-15(2)10-19-11-22(26-5)21(12-20(19)16(3)4)23(25)24-13-17-8-6-7-9-18(17)14-24/h6-12,16H,13-14H2,1-5H3. The zero-order valence-electron chi connectivity index (χ0n) is 16.3. The molecule has 0 bridgehead atoms. The number of allylic oxidation sites excluding steroid dienone is 1. The lowest BCUT2D eigenvalue weighted by Crippen LogP contribution is -2.26. The van der Waals surface area contributed by atoms with Gasteiger partial charge in [0, 0.05) is 13.1 Å². The first kappa shape index (κ1) is 18.2. The summed E-state index contributed by atoms with van der Waals surface area (Å²) >= 11 is 0. The summed E-state index contributed by atoms with van der Waals surface area (Å²) in [5.41, 5.74) is 6.62. The van der Waals surface area contributed by atoms with E-state index in [1.54, 1.807) is 7.11 Å². The van der Waals surface area contributed by atoms with Gasteiger partial charge in [0.2, 0.25) is 0 Å². The van der Waals surface area contributed by atoms with Crippen LogP contribution in [0.25, 0.3) is 6.08 Å². The Morgan fingerprint density at radius 3 is 2.23 bits per heavy atom. The number of carbonyl (C=O) groups excluding carboxylic acids is 1. The smallest absolute Gasteiger partial charge is 0.258 e. The Hall–Kier alpha value is -2.55. The Bertz CT molecular complexity index is 836. The van der Waals surface area contributed by atoms with Crippen LogP contribution in [0.5, 0.6) is 5.75 Å². The van der Waals surface area contributed by atoms with Crippen molar-refractivity contribution in [3.63, 3.8) is 0 Å². The SMILES string of the molecule is COc1cc(C=C(C)C)c(C(C)C)cc1C(=O)N1Cc2ccccc2C1. The van der Waals surface area contributed by atoms with E-state index in [1.807, 2.05) is 29.2 Å². The van der Waals surface area contributed by atoms with Crippen molar-refractivity contribution in [1.82, 2.24) is 4.90 Å². The summed E-state index contributed by atoms with van der Waals surface area (Å²) in [5.74, 6) is 1.00. The molecule has 3 nitrogen and oxygen atoms in total. The normalized spacial score (nSPS) is 12.9. The molecule has 0 spiro atoms. The lowest BCUT2D eigenvalue weighted by Gasteiger charge is -2.20. The van der Waals surface area contributed by atoms with Gasteiger partial charge < -0.3 is 9.64 Å². The quantitative estimate of drug-likeness (QED) is 0.740. The molecule has 0 saturated heterocycles. The minimum Gasteiger partial charge on any atom is -0.496 e. The molecular formula is C23H27NO2. The molecule has 0 radical (unpaired) electrons. The molecule has 0 aromatic heterocycles. The molecule has 2 aromatic carbocycles. The summed E-state index contributed by atoms with van der Waals surface area (Å²) in [6.07, 6.45) is 2.15. The molecule has 3 heteroatoms. The van der Waals surface area contributed by atoms with Crippen molar-refractivity contribution < 1.29 is 9.53 Å². The summed E-state index contributed by atoms with van der Waals surface area (Å²) in [4.78, 5) is 15.1. The Labute approximate surface area is 156 Å². The largest absolute Gasteiger partial charge is 0.496 e. The van der Waals surface area contributed by atoms with E-state index in [1.165, 1.54) is 22.3 Å². The maximum absolute atomic E-state index is 13.2. The number of nitrogens with zero attached hydrogens (tertiary/aromatic N) is 1. The number of carbonyl (C=O) groups is 1. The molecule has 26 heavy (non-hydrogen) atoms. The average Bonchev–Trinajstić information content (AvgIpc) is 3.04. The molecule has 0 saturated carbocycles. The van der Waals surface area contributed by atoms with E-state index in [-0.39, 0.29) is 5.91 Å². The highest BCUT2D eigenvalue weighted by Gasteiger charge is 2.27. The van der Waals surface area contributed by atoms with Crippen LogP contribution in [-0.2, 0) is 13.1 Å². The lowest BCUT2D eigenvalue weighted by atomic mass is 9.93. The average molecular weight is 349 g/mol. The lowest BCUT2D eigenvalue weighted by molar-refractivity contribution is 0.0748. The molecule has 136 valence electrons. The third-order valence-electron chi connectivity index (χ3n) is 4.83. The molecule has 0 unspecified atom stereocenters. The van der Waals surface area contributed by atoms with Crippen LogP contribution in [-0.4, -0.2) is 17.9 Å². The minimum atomic E-state index is 0.0312. The molecule has 0 atom stereocenters. The van der Waals surface area contributed by atoms with E-state index in [9.17, 15) is 4.79 Å². The first-order valence-electron chi connectivity index (χ1n) is 9.13. The highest BCUT2D eigenvalue weighted by atomic mass is 16.5. The monoisotopic (exact) mass is 349 g/mol. The van der Waals surface area contributed by atoms with Crippen molar-refractivity contribution in [2.24, 2.45) is 0 Å². The van der Waals surface area contributed by atoms with E-state index in [0.29, 0.717) is 30.3 Å². The topological polar surface area (TPSA) is 29.5 Å². The molecule has 1 aliphatic heterocycles. The molecule has 1 aliphatic rings. The predicted octanol–water partition coefficient (Wildman–Crippen LogP) is 5.40. The molecule has 0 N–H and O–H groups in total. The van der Waals surface area contributed by atoms with Crippen molar-refractivity contribution in [1.29, 1.82) is 0 Å². The molecule has 0 aliphatic carbocycles. The van der Waals surface area contributed by atoms with Gasteiger partial charge in [-0.15, -0.1) is 0 Å². The molecule has 2 aromatic rings. The highest BCUT2D eigenvalue weighted by molar-refractivity contribution is 5.98. The van der Waals surface area contributed by atoms with Crippen LogP contribution in [0, 0.1) is 0 Å². The summed E-state index contributed by atoms with van der Waals surface area (Å²) < 4.78 is 5.58. The summed E-state index contributed by atoms with van der Waals surface area (Å²) in [7, 11) is 1.63. The fraction of sp³-hybridized carbons (Fsp3) is 0.348. The number of benzene rings is 2. The molecule has 0 fully saturated rings. The third-order valence-corrected chi connectivity index (χ3v) is 4.83. The second-order valence-corrected chi connectivity index (χ2v) is 7.49. The van der Waals surface area contributed by atoms with E-state index < -0.39 is 0 Å². The van der Waals surface area contributed by atoms with Gasteiger partial charge in [-0.3, -0.25) is 4.79 Å². The fourth-order valence-corrected chi connectivity index (χ4v) is 3.53. The number of hydrogen-bond acceptors (Lipinski definition) is 2. The zero-order chi connectivity index (χ0) is 18.8. The van der Waals surface area contributed by atoms with Crippen LogP contribution in [0.15, 0.2) is 42.0 Å². The Morgan fingerprint density at radius 2 is 1.73 bits per heavy atom. The predicted molar refractivity (Wildman–Crippen MR) is 106 cm³/mol. The van der Waals surface area contributed by atoms with Gasteiger partial charge in [0.15, 0.2) is 0 Å². The van der Waals surface area contributed by atoms with Gasteiger partial charge in [-0.1, -0.05) is 49.8 Å². The second kappa shape index (κ2) is 7.36. The molecular weight excluding hydrogens is 322 g/mol. The number of rotatable bonds is 4. The van der Waals surface area contributed by atoms with Crippen LogP contribution in [0.4, 0.5) is 0 Å². The van der Waals surface area contributed by atoms with Gasteiger partial charge in [-0.05, 0) is 54.2 Å². The van der Waals surface area contributed by atoms with E-state index in [2.05, 4.69) is 45.9 Å². The summed E-state index contributed by atoms with van der Waals surface area (Å²) in [6.45, 7) is 9.79. The van der Waals surface area contributed by atoms with Crippen LogP contribution in [0.1, 0.15) is 66.2 Å². The van der Waals surface area contributed by atoms with Gasteiger partial charge in [0.05, 0.1) is 12.7 Å². The van der Waals surface area contributed by atoms with Crippen molar-refractivity contribution in [3.8, 4) is 5.75 Å². The first-order valence-corrected chi connectivity index (χ1v) is 9.13. The van der Waals surface area contributed by atoms with Gasteiger partial charge in [-0.25, -0.2) is 0 Å². The summed E-state index contributed by atoms with van der Waals surface area (Å²) in [6, 6.07) is 12.3. The first-order chi connectivity index (χ1) is 12.4. The fourth-order valence-electron chi connectivity index (χ4n) is 3.53. The number of methoxy groups -OCH3 is 1. The maximum atomic E-state index is 13.2. The number of amides is 1. The second-order valence-electron chi connectivity index (χ2n) is 7.49. The van der Waals surface area contributed by atoms with E-state index in [0.717, 1.165) is 5.56 Å². The molecule has 3 rings (SSSR count). The van der Waals surface area contributed by atoms with Gasteiger partial charge >= 0.3 is 0 Å². The van der Waals surface area contributed by atoms with E-state index in [4.69, 9.17) is 4.74 Å². The number of fused-ring (bicyclic) bond motifs is 1. The molecule has 1 heterocycles. The molecule has 1 amide bonds. The van der Waals surface area contributed by atoms with Gasteiger partial charge in [0.25, 0.3) is 5.91 Å². The van der Waals surface area contributed by atoms with Crippen molar-refractivity contribution >= 4 is 12.0 Å². The van der Waals surface area contributed by atoms with Gasteiger partial charge in [0.1, 0.15) is 5.75 Å². The Morgan fingerprint density at radius 1 is 1.12 bits per heavy atom. The van der Waals surface area contributed by atoms with Crippen LogP contribution in [0.2, 0.25) is 0 Å². The van der Waals surface area contributed by atoms with Crippen molar-refractivity contribution in [3.05, 3.63) is 69.8 Å². The Balaban J connectivity index is 2.00.